The van der Waals surface area contributed by atoms with Crippen molar-refractivity contribution in [1.29, 1.82) is 0 Å². The van der Waals surface area contributed by atoms with E-state index in [1.165, 1.54) is 11.8 Å². The number of nitrogens with two attached hydrogens (primary N) is 1. The molecule has 0 bridgehead atoms. The van der Waals surface area contributed by atoms with Crippen LogP contribution in [0.2, 0.25) is 0 Å². The predicted octanol–water partition coefficient (Wildman–Crippen LogP) is -0.499. The molecule has 0 aliphatic heterocycles. The zero-order valence-electron chi connectivity index (χ0n) is 10.1. The lowest BCUT2D eigenvalue weighted by atomic mass is 10.1. The Morgan fingerprint density at radius 2 is 1.89 bits per heavy atom. The van der Waals surface area contributed by atoms with Gasteiger partial charge in [-0.05, 0) is 24.9 Å². The van der Waals surface area contributed by atoms with Crippen molar-refractivity contribution in [1.82, 2.24) is 5.32 Å². The number of rotatable bonds is 9. The summed E-state index contributed by atoms with van der Waals surface area (Å²) in [6, 6.07) is -1.99. The monoisotopic (exact) mass is 278 g/mol. The number of carboxylic acids is 2. The SMILES string of the molecule is CSCC[C@H](NC(=O)[C@@H](N)CCC(=O)O)C(=O)O. The molecule has 18 heavy (non-hydrogen) atoms. The molecule has 0 unspecified atom stereocenters. The van der Waals surface area contributed by atoms with E-state index in [1.807, 2.05) is 6.26 Å². The number of hydrogen-bond acceptors (Lipinski definition) is 5. The summed E-state index contributed by atoms with van der Waals surface area (Å²) in [7, 11) is 0. The molecule has 0 aliphatic rings. The maximum absolute atomic E-state index is 11.5. The van der Waals surface area contributed by atoms with Crippen molar-refractivity contribution in [3.8, 4) is 0 Å². The summed E-state index contributed by atoms with van der Waals surface area (Å²) in [5, 5.41) is 19.6. The van der Waals surface area contributed by atoms with Gasteiger partial charge >= 0.3 is 11.9 Å². The number of aliphatic carboxylic acids is 2. The summed E-state index contributed by atoms with van der Waals surface area (Å²) < 4.78 is 0. The van der Waals surface area contributed by atoms with E-state index < -0.39 is 29.9 Å². The van der Waals surface area contributed by atoms with Crippen molar-refractivity contribution >= 4 is 29.6 Å². The summed E-state index contributed by atoms with van der Waals surface area (Å²) in [5.41, 5.74) is 5.47. The Morgan fingerprint density at radius 3 is 2.33 bits per heavy atom. The van der Waals surface area contributed by atoms with E-state index in [0.717, 1.165) is 0 Å². The molecule has 0 heterocycles. The van der Waals surface area contributed by atoms with Crippen LogP contribution in [0.1, 0.15) is 19.3 Å². The highest BCUT2D eigenvalue weighted by atomic mass is 32.2. The molecule has 0 fully saturated rings. The summed E-state index contributed by atoms with van der Waals surface area (Å²) in [4.78, 5) is 32.7. The first kappa shape index (κ1) is 16.7. The second kappa shape index (κ2) is 8.76. The second-order valence-electron chi connectivity index (χ2n) is 3.72. The van der Waals surface area contributed by atoms with Gasteiger partial charge < -0.3 is 21.3 Å². The van der Waals surface area contributed by atoms with Gasteiger partial charge in [-0.25, -0.2) is 4.79 Å². The second-order valence-corrected chi connectivity index (χ2v) is 4.71. The van der Waals surface area contributed by atoms with E-state index in [-0.39, 0.29) is 12.8 Å². The quantitative estimate of drug-likeness (QED) is 0.447. The maximum Gasteiger partial charge on any atom is 0.326 e. The van der Waals surface area contributed by atoms with E-state index in [9.17, 15) is 14.4 Å². The van der Waals surface area contributed by atoms with Gasteiger partial charge in [-0.3, -0.25) is 9.59 Å². The van der Waals surface area contributed by atoms with Crippen LogP contribution in [0, 0.1) is 0 Å². The van der Waals surface area contributed by atoms with Crippen LogP contribution in [0.4, 0.5) is 0 Å². The highest BCUT2D eigenvalue weighted by Gasteiger charge is 2.23. The summed E-state index contributed by atoms with van der Waals surface area (Å²) in [6.45, 7) is 0. The van der Waals surface area contributed by atoms with Crippen molar-refractivity contribution in [3.63, 3.8) is 0 Å². The molecule has 0 aromatic carbocycles. The molecule has 0 rings (SSSR count). The van der Waals surface area contributed by atoms with Gasteiger partial charge in [0, 0.05) is 6.42 Å². The highest BCUT2D eigenvalue weighted by Crippen LogP contribution is 2.02. The van der Waals surface area contributed by atoms with E-state index in [1.54, 1.807) is 0 Å². The van der Waals surface area contributed by atoms with Gasteiger partial charge in [0.05, 0.1) is 6.04 Å². The Kier molecular flexibility index (Phi) is 8.14. The largest absolute Gasteiger partial charge is 0.481 e. The third kappa shape index (κ3) is 7.13. The molecule has 7 nitrogen and oxygen atoms in total. The molecular formula is C10H18N2O5S. The number of carboxylic acid groups (broad SMARTS) is 2. The minimum absolute atomic E-state index is 0.0178. The minimum atomic E-state index is -1.12. The van der Waals surface area contributed by atoms with E-state index >= 15 is 0 Å². The van der Waals surface area contributed by atoms with Crippen LogP contribution in [-0.2, 0) is 14.4 Å². The summed E-state index contributed by atoms with van der Waals surface area (Å²) in [6.07, 6.45) is 1.89. The molecule has 0 aromatic heterocycles. The molecule has 104 valence electrons. The van der Waals surface area contributed by atoms with Crippen molar-refractivity contribution in [2.45, 2.75) is 31.3 Å². The molecule has 5 N–H and O–H groups in total. The average molecular weight is 278 g/mol. The third-order valence-electron chi connectivity index (χ3n) is 2.23. The van der Waals surface area contributed by atoms with E-state index in [2.05, 4.69) is 5.32 Å². The minimum Gasteiger partial charge on any atom is -0.481 e. The third-order valence-corrected chi connectivity index (χ3v) is 2.88. The van der Waals surface area contributed by atoms with Gasteiger partial charge in [0.15, 0.2) is 0 Å². The van der Waals surface area contributed by atoms with Crippen LogP contribution in [0.25, 0.3) is 0 Å². The zero-order valence-corrected chi connectivity index (χ0v) is 10.9. The molecule has 0 aliphatic carbocycles. The fourth-order valence-electron chi connectivity index (χ4n) is 1.18. The van der Waals surface area contributed by atoms with Gasteiger partial charge in [0.2, 0.25) is 5.91 Å². The Hall–Kier alpha value is -1.28. The standard InChI is InChI=1S/C10H18N2O5S/c1-18-5-4-7(10(16)17)12-9(15)6(11)2-3-8(13)14/h6-7H,2-5,11H2,1H3,(H,12,15)(H,13,14)(H,16,17)/t6-,7-/m0/s1. The number of carbonyl (C=O) groups excluding carboxylic acids is 1. The molecule has 0 spiro atoms. The summed E-state index contributed by atoms with van der Waals surface area (Å²) in [5.74, 6) is -2.20. The van der Waals surface area contributed by atoms with Gasteiger partial charge in [0.25, 0.3) is 0 Å². The normalized spacial score (nSPS) is 13.7. The van der Waals surface area contributed by atoms with Gasteiger partial charge in [0.1, 0.15) is 6.04 Å². The van der Waals surface area contributed by atoms with Crippen molar-refractivity contribution in [2.24, 2.45) is 5.73 Å². The average Bonchev–Trinajstić information content (AvgIpc) is 2.30. The smallest absolute Gasteiger partial charge is 0.326 e. The van der Waals surface area contributed by atoms with E-state index in [4.69, 9.17) is 15.9 Å². The fourth-order valence-corrected chi connectivity index (χ4v) is 1.65. The highest BCUT2D eigenvalue weighted by molar-refractivity contribution is 7.98. The fraction of sp³-hybridized carbons (Fsp3) is 0.700. The Balaban J connectivity index is 4.22. The molecule has 1 amide bonds. The van der Waals surface area contributed by atoms with Crippen LogP contribution in [0.5, 0.6) is 0 Å². The number of carbonyl (C=O) groups is 3. The molecule has 8 heteroatoms. The predicted molar refractivity (Wildman–Crippen MR) is 67.4 cm³/mol. The van der Waals surface area contributed by atoms with Crippen LogP contribution in [0.15, 0.2) is 0 Å². The number of nitrogens with one attached hydrogen (secondary N) is 1. The van der Waals surface area contributed by atoms with E-state index in [0.29, 0.717) is 12.2 Å². The van der Waals surface area contributed by atoms with Crippen molar-refractivity contribution in [2.75, 3.05) is 12.0 Å². The zero-order chi connectivity index (χ0) is 14.1. The van der Waals surface area contributed by atoms with Crippen LogP contribution in [0.3, 0.4) is 0 Å². The first-order chi connectivity index (χ1) is 8.38. The molecule has 0 radical (unpaired) electrons. The van der Waals surface area contributed by atoms with Crippen LogP contribution in [-0.4, -0.2) is 52.2 Å². The molecule has 2 atom stereocenters. The number of hydrogen-bond donors (Lipinski definition) is 4. The number of thioether (sulfide) groups is 1. The number of amides is 1. The van der Waals surface area contributed by atoms with Gasteiger partial charge in [-0.15, -0.1) is 0 Å². The van der Waals surface area contributed by atoms with Crippen LogP contribution < -0.4 is 11.1 Å². The first-order valence-corrected chi connectivity index (χ1v) is 6.77. The Labute approximate surface area is 109 Å². The van der Waals surface area contributed by atoms with Gasteiger partial charge in [-0.2, -0.15) is 11.8 Å². The van der Waals surface area contributed by atoms with Crippen molar-refractivity contribution in [3.05, 3.63) is 0 Å². The topological polar surface area (TPSA) is 130 Å². The molecule has 0 aromatic rings. The molecule has 0 saturated heterocycles. The molecular weight excluding hydrogens is 260 g/mol. The maximum atomic E-state index is 11.5. The lowest BCUT2D eigenvalue weighted by Gasteiger charge is -2.17. The first-order valence-electron chi connectivity index (χ1n) is 5.38. The van der Waals surface area contributed by atoms with Crippen molar-refractivity contribution < 1.29 is 24.6 Å². The lowest BCUT2D eigenvalue weighted by Crippen LogP contribution is -2.48. The summed E-state index contributed by atoms with van der Waals surface area (Å²) >= 11 is 1.47. The van der Waals surface area contributed by atoms with Crippen LogP contribution >= 0.6 is 11.8 Å². The Morgan fingerprint density at radius 1 is 1.28 bits per heavy atom. The lowest BCUT2D eigenvalue weighted by molar-refractivity contribution is -0.142. The molecule has 0 saturated carbocycles. The Bertz CT molecular complexity index is 311. The van der Waals surface area contributed by atoms with Gasteiger partial charge in [-0.1, -0.05) is 0 Å².